The summed E-state index contributed by atoms with van der Waals surface area (Å²) in [6, 6.07) is -2.11. The van der Waals surface area contributed by atoms with Gasteiger partial charge in [0.25, 0.3) is 0 Å². The molecule has 12 nitrogen and oxygen atoms in total. The molecule has 33 heavy (non-hydrogen) atoms. The third-order valence-corrected chi connectivity index (χ3v) is 7.24. The third-order valence-electron chi connectivity index (χ3n) is 7.24. The molecule has 0 bridgehead atoms. The van der Waals surface area contributed by atoms with Gasteiger partial charge in [0.05, 0.1) is 24.8 Å². The number of nitrogens with two attached hydrogens (primary N) is 3. The van der Waals surface area contributed by atoms with Gasteiger partial charge in [0.15, 0.2) is 12.6 Å². The molecule has 0 radical (unpaired) electrons. The molecule has 0 aromatic rings. The Morgan fingerprint density at radius 1 is 0.970 bits per heavy atom. The summed E-state index contributed by atoms with van der Waals surface area (Å²) in [4.78, 5) is 0. The van der Waals surface area contributed by atoms with E-state index in [4.69, 9.17) is 36.1 Å². The van der Waals surface area contributed by atoms with Crippen LogP contribution in [0.5, 0.6) is 0 Å². The molecule has 13 atom stereocenters. The molecule has 0 amide bonds. The molecule has 2 aliphatic heterocycles. The van der Waals surface area contributed by atoms with Crippen LogP contribution in [0.3, 0.4) is 0 Å². The molecule has 11 N–H and O–H groups in total. The Balaban J connectivity index is 1.68. The Kier molecular flexibility index (Phi) is 9.09. The number of hydrogen-bond donors (Lipinski definition) is 8. The van der Waals surface area contributed by atoms with Gasteiger partial charge >= 0.3 is 0 Å². The minimum atomic E-state index is -1.29. The highest BCUT2D eigenvalue weighted by atomic mass is 16.7. The van der Waals surface area contributed by atoms with E-state index in [2.05, 4.69) is 10.6 Å². The van der Waals surface area contributed by atoms with Crippen molar-refractivity contribution in [2.45, 2.75) is 112 Å². The van der Waals surface area contributed by atoms with Crippen LogP contribution < -0.4 is 27.8 Å². The van der Waals surface area contributed by atoms with Gasteiger partial charge in [-0.25, -0.2) is 0 Å². The summed E-state index contributed by atoms with van der Waals surface area (Å²) in [5.41, 5.74) is 17.5. The summed E-state index contributed by atoms with van der Waals surface area (Å²) >= 11 is 0. The molecule has 0 unspecified atom stereocenters. The smallest absolute Gasteiger partial charge is 0.185 e. The maximum absolute atomic E-state index is 11.1. The fraction of sp³-hybridized carbons (Fsp3) is 1.00. The second kappa shape index (κ2) is 11.1. The molecule has 2 saturated heterocycles. The molecule has 3 aliphatic rings. The Hall–Kier alpha value is -0.480. The van der Waals surface area contributed by atoms with Gasteiger partial charge in [-0.05, 0) is 47.2 Å². The van der Waals surface area contributed by atoms with Crippen molar-refractivity contribution in [2.24, 2.45) is 17.2 Å². The highest BCUT2D eigenvalue weighted by Crippen LogP contribution is 2.31. The van der Waals surface area contributed by atoms with Crippen molar-refractivity contribution in [1.82, 2.24) is 10.6 Å². The summed E-state index contributed by atoms with van der Waals surface area (Å²) in [6.45, 7) is 3.52. The van der Waals surface area contributed by atoms with E-state index in [0.717, 1.165) is 6.42 Å². The van der Waals surface area contributed by atoms with E-state index in [1.807, 2.05) is 14.0 Å². The zero-order chi connectivity index (χ0) is 24.5. The van der Waals surface area contributed by atoms with Crippen LogP contribution in [-0.2, 0) is 18.9 Å². The first kappa shape index (κ1) is 27.1. The van der Waals surface area contributed by atoms with E-state index in [9.17, 15) is 15.3 Å². The quantitative estimate of drug-likeness (QED) is 0.182. The fourth-order valence-electron chi connectivity index (χ4n) is 5.04. The first-order valence-electron chi connectivity index (χ1n) is 11.8. The van der Waals surface area contributed by atoms with Gasteiger partial charge in [-0.3, -0.25) is 0 Å². The topological polar surface area (TPSA) is 200 Å². The van der Waals surface area contributed by atoms with Crippen LogP contribution in [-0.4, -0.2) is 115 Å². The highest BCUT2D eigenvalue weighted by Gasteiger charge is 2.50. The Morgan fingerprint density at radius 3 is 2.15 bits per heavy atom. The maximum atomic E-state index is 11.1. The summed E-state index contributed by atoms with van der Waals surface area (Å²) in [5, 5.41) is 38.3. The van der Waals surface area contributed by atoms with Crippen molar-refractivity contribution in [3.63, 3.8) is 0 Å². The molecule has 1 aliphatic carbocycles. The Morgan fingerprint density at radius 2 is 1.58 bits per heavy atom. The zero-order valence-electron chi connectivity index (χ0n) is 20.0. The Bertz CT molecular complexity index is 632. The van der Waals surface area contributed by atoms with E-state index in [1.165, 1.54) is 0 Å². The van der Waals surface area contributed by atoms with Crippen LogP contribution in [0.2, 0.25) is 0 Å². The number of aliphatic hydroxyl groups excluding tert-OH is 2. The first-order chi connectivity index (χ1) is 15.5. The largest absolute Gasteiger partial charge is 0.388 e. The minimum Gasteiger partial charge on any atom is -0.388 e. The molecule has 0 aromatic heterocycles. The number of nitrogens with one attached hydrogen (secondary N) is 2. The van der Waals surface area contributed by atoms with Crippen LogP contribution in [0, 0.1) is 0 Å². The van der Waals surface area contributed by atoms with Gasteiger partial charge in [0, 0.05) is 18.1 Å². The van der Waals surface area contributed by atoms with Crippen molar-refractivity contribution >= 4 is 0 Å². The van der Waals surface area contributed by atoms with Crippen molar-refractivity contribution in [1.29, 1.82) is 0 Å². The van der Waals surface area contributed by atoms with Gasteiger partial charge in [-0.15, -0.1) is 0 Å². The van der Waals surface area contributed by atoms with Crippen LogP contribution in [0.25, 0.3) is 0 Å². The fourth-order valence-corrected chi connectivity index (χ4v) is 5.04. The summed E-state index contributed by atoms with van der Waals surface area (Å²) in [5.74, 6) is 0. The lowest BCUT2D eigenvalue weighted by molar-refractivity contribution is -0.307. The molecular formula is C21H43N5O7. The zero-order valence-corrected chi connectivity index (χ0v) is 20.0. The monoisotopic (exact) mass is 477 g/mol. The summed E-state index contributed by atoms with van der Waals surface area (Å²) < 4.78 is 23.7. The average molecular weight is 478 g/mol. The maximum Gasteiger partial charge on any atom is 0.185 e. The summed E-state index contributed by atoms with van der Waals surface area (Å²) in [6.07, 6.45) is -4.22. The SMILES string of the molecule is CN[C@@H]1[C@@H](O)[C@@H](O[C@@H]2[C@@H](O)[C@@H](O[C@H]3O[C@@H]([C@@H](C)NC)CC[C@H]3N)[C@@H](N)C[C@H]2N)OC[C@]1(C)O. The van der Waals surface area contributed by atoms with Crippen molar-refractivity contribution in [2.75, 3.05) is 20.7 Å². The van der Waals surface area contributed by atoms with Gasteiger partial charge < -0.3 is 62.1 Å². The predicted molar refractivity (Wildman–Crippen MR) is 120 cm³/mol. The highest BCUT2D eigenvalue weighted by molar-refractivity contribution is 5.02. The minimum absolute atomic E-state index is 0.0620. The molecule has 0 aromatic carbocycles. The normalized spacial score (nSPS) is 50.2. The molecule has 194 valence electrons. The second-order valence-electron chi connectivity index (χ2n) is 9.91. The van der Waals surface area contributed by atoms with Crippen LogP contribution in [0.1, 0.15) is 33.1 Å². The van der Waals surface area contributed by atoms with E-state index >= 15 is 0 Å². The van der Waals surface area contributed by atoms with Crippen molar-refractivity contribution in [3.8, 4) is 0 Å². The number of aliphatic hydroxyl groups is 3. The first-order valence-corrected chi connectivity index (χ1v) is 11.8. The third kappa shape index (κ3) is 5.85. The molecular weight excluding hydrogens is 434 g/mol. The van der Waals surface area contributed by atoms with E-state index in [1.54, 1.807) is 14.0 Å². The second-order valence-corrected chi connectivity index (χ2v) is 9.91. The van der Waals surface area contributed by atoms with Gasteiger partial charge in [-0.1, -0.05) is 0 Å². The molecule has 12 heteroatoms. The molecule has 1 saturated carbocycles. The summed E-state index contributed by atoms with van der Waals surface area (Å²) in [7, 11) is 3.49. The standard InChI is InChI=1S/C21H43N5O7/c1-9(25-3)13-6-5-10(22)19(31-13)32-16-11(23)7-12(24)17(14(16)27)33-20-15(28)18(26-4)21(2,29)8-30-20/h9-20,25-29H,5-8,22-24H2,1-4H3/t9-,10-,11+,12-,13-,14+,15-,16+,17+,18-,19-,20-,21+/m1/s1. The van der Waals surface area contributed by atoms with E-state index in [0.29, 0.717) is 12.8 Å². The van der Waals surface area contributed by atoms with E-state index < -0.39 is 60.7 Å². The van der Waals surface area contributed by atoms with E-state index in [-0.39, 0.29) is 24.8 Å². The lowest BCUT2D eigenvalue weighted by atomic mass is 9.84. The lowest BCUT2D eigenvalue weighted by Gasteiger charge is -2.48. The van der Waals surface area contributed by atoms with Crippen molar-refractivity contribution < 1.29 is 34.3 Å². The lowest BCUT2D eigenvalue weighted by Crippen LogP contribution is -2.68. The Labute approximate surface area is 195 Å². The van der Waals surface area contributed by atoms with Gasteiger partial charge in [0.2, 0.25) is 0 Å². The number of ether oxygens (including phenoxy) is 4. The van der Waals surface area contributed by atoms with Crippen molar-refractivity contribution in [3.05, 3.63) is 0 Å². The van der Waals surface area contributed by atoms with Gasteiger partial charge in [-0.2, -0.15) is 0 Å². The average Bonchev–Trinajstić information content (AvgIpc) is 2.76. The number of likely N-dealkylation sites (N-methyl/N-ethyl adjacent to an activating group) is 2. The molecule has 3 fully saturated rings. The molecule has 0 spiro atoms. The predicted octanol–water partition coefficient (Wildman–Crippen LogP) is -3.33. The number of hydrogen-bond acceptors (Lipinski definition) is 12. The van der Waals surface area contributed by atoms with Gasteiger partial charge in [0.1, 0.15) is 30.0 Å². The molecule has 3 rings (SSSR count). The molecule has 2 heterocycles. The van der Waals surface area contributed by atoms with Crippen LogP contribution >= 0.6 is 0 Å². The number of rotatable bonds is 7. The van der Waals surface area contributed by atoms with Crippen LogP contribution in [0.4, 0.5) is 0 Å². The van der Waals surface area contributed by atoms with Crippen LogP contribution in [0.15, 0.2) is 0 Å².